The Kier molecular flexibility index (Phi) is 5.41. The molecule has 1 amide bonds. The van der Waals surface area contributed by atoms with Gasteiger partial charge in [-0.2, -0.15) is 5.26 Å². The molecule has 25 heavy (non-hydrogen) atoms. The first-order valence-corrected chi connectivity index (χ1v) is 9.67. The van der Waals surface area contributed by atoms with Crippen LogP contribution in [0.3, 0.4) is 0 Å². The predicted octanol–water partition coefficient (Wildman–Crippen LogP) is 3.45. The average Bonchev–Trinajstić information content (AvgIpc) is 3.14. The van der Waals surface area contributed by atoms with Crippen molar-refractivity contribution in [1.29, 1.82) is 5.26 Å². The molecule has 1 aromatic carbocycles. The Labute approximate surface area is 153 Å². The van der Waals surface area contributed by atoms with Gasteiger partial charge in [-0.25, -0.2) is 4.79 Å². The van der Waals surface area contributed by atoms with E-state index in [9.17, 15) is 14.9 Å². The number of carbonyl (C=O) groups is 2. The number of nitrogens with zero attached hydrogens (tertiary/aromatic N) is 1. The third kappa shape index (κ3) is 4.03. The quantitative estimate of drug-likeness (QED) is 0.839. The summed E-state index contributed by atoms with van der Waals surface area (Å²) in [5.74, 6) is -0.903. The Morgan fingerprint density at radius 2 is 2.24 bits per heavy atom. The number of aromatic carboxylic acids is 1. The van der Waals surface area contributed by atoms with Crippen LogP contribution in [0, 0.1) is 17.2 Å². The number of carbonyl (C=O) groups excluding carboxylic acids is 1. The molecule has 0 aliphatic carbocycles. The average molecular weight is 372 g/mol. The van der Waals surface area contributed by atoms with Gasteiger partial charge in [0.1, 0.15) is 0 Å². The minimum Gasteiger partial charge on any atom is -0.478 e. The van der Waals surface area contributed by atoms with Gasteiger partial charge in [-0.15, -0.1) is 23.1 Å². The second kappa shape index (κ2) is 7.72. The number of benzene rings is 1. The smallest absolute Gasteiger partial charge is 0.335 e. The largest absolute Gasteiger partial charge is 0.478 e. The lowest BCUT2D eigenvalue weighted by molar-refractivity contribution is -0.123. The second-order valence-corrected chi connectivity index (χ2v) is 7.89. The van der Waals surface area contributed by atoms with Crippen molar-refractivity contribution in [3.63, 3.8) is 0 Å². The van der Waals surface area contributed by atoms with Crippen LogP contribution in [0.2, 0.25) is 0 Å². The number of thioether (sulfide) groups is 1. The van der Waals surface area contributed by atoms with Gasteiger partial charge in [0, 0.05) is 23.0 Å². The molecule has 1 saturated heterocycles. The molecule has 0 saturated carbocycles. The molecular weight excluding hydrogens is 356 g/mol. The third-order valence-electron chi connectivity index (χ3n) is 4.13. The number of rotatable bonds is 5. The fourth-order valence-electron chi connectivity index (χ4n) is 2.91. The predicted molar refractivity (Wildman–Crippen MR) is 97.4 cm³/mol. The minimum absolute atomic E-state index is 0.0540. The highest BCUT2D eigenvalue weighted by atomic mass is 32.2. The molecule has 3 atom stereocenters. The molecule has 5 nitrogen and oxygen atoms in total. The van der Waals surface area contributed by atoms with E-state index < -0.39 is 5.97 Å². The number of hydrogen-bond donors (Lipinski definition) is 2. The topological polar surface area (TPSA) is 90.2 Å². The zero-order valence-electron chi connectivity index (χ0n) is 13.2. The molecule has 0 radical (unpaired) electrons. The summed E-state index contributed by atoms with van der Waals surface area (Å²) < 4.78 is 0. The first kappa shape index (κ1) is 17.5. The normalized spacial score (nSPS) is 22.8. The Morgan fingerprint density at radius 3 is 2.92 bits per heavy atom. The number of piperidine rings is 1. The van der Waals surface area contributed by atoms with Crippen molar-refractivity contribution in [3.8, 4) is 6.07 Å². The molecule has 2 N–H and O–H groups in total. The second-order valence-electron chi connectivity index (χ2n) is 5.79. The van der Waals surface area contributed by atoms with Gasteiger partial charge in [-0.3, -0.25) is 4.79 Å². The highest BCUT2D eigenvalue weighted by Gasteiger charge is 2.38. The van der Waals surface area contributed by atoms with Crippen molar-refractivity contribution in [2.75, 3.05) is 0 Å². The highest BCUT2D eigenvalue weighted by Crippen LogP contribution is 2.39. The van der Waals surface area contributed by atoms with Gasteiger partial charge in [0.05, 0.1) is 22.9 Å². The molecular formula is C18H16N2O3S2. The van der Waals surface area contributed by atoms with Crippen molar-refractivity contribution in [1.82, 2.24) is 5.32 Å². The van der Waals surface area contributed by atoms with Crippen LogP contribution < -0.4 is 5.32 Å². The zero-order chi connectivity index (χ0) is 17.8. The number of carboxylic acids is 1. The van der Waals surface area contributed by atoms with Crippen LogP contribution in [-0.4, -0.2) is 22.4 Å². The van der Waals surface area contributed by atoms with Crippen molar-refractivity contribution in [3.05, 3.63) is 57.8 Å². The Bertz CT molecular complexity index is 814. The fourth-order valence-corrected chi connectivity index (χ4v) is 5.01. The van der Waals surface area contributed by atoms with E-state index in [0.717, 1.165) is 10.4 Å². The van der Waals surface area contributed by atoms with E-state index in [1.165, 1.54) is 11.8 Å². The first-order valence-electron chi connectivity index (χ1n) is 7.74. The van der Waals surface area contributed by atoms with E-state index in [-0.39, 0.29) is 28.7 Å². The van der Waals surface area contributed by atoms with Gasteiger partial charge in [0.2, 0.25) is 5.91 Å². The van der Waals surface area contributed by atoms with Crippen LogP contribution in [0.1, 0.15) is 33.1 Å². The first-order chi connectivity index (χ1) is 12.1. The number of thiophene rings is 1. The van der Waals surface area contributed by atoms with Crippen LogP contribution in [-0.2, 0) is 10.5 Å². The number of carboxylic acid groups (broad SMARTS) is 1. The SMILES string of the molecule is N#CC1C(SCc2cccc(C(=O)O)c2)NC(=O)CC1c1cccs1. The van der Waals surface area contributed by atoms with Gasteiger partial charge in [-0.05, 0) is 29.1 Å². The van der Waals surface area contributed by atoms with E-state index in [1.807, 2.05) is 23.6 Å². The summed E-state index contributed by atoms with van der Waals surface area (Å²) in [5.41, 5.74) is 1.09. The number of nitrogens with one attached hydrogen (secondary N) is 1. The molecule has 3 rings (SSSR count). The summed E-state index contributed by atoms with van der Waals surface area (Å²) in [6.45, 7) is 0. The standard InChI is InChI=1S/C18H16N2O3S2/c19-9-14-13(15-5-2-6-24-15)8-16(21)20-17(14)25-10-11-3-1-4-12(7-11)18(22)23/h1-7,13-14,17H,8,10H2,(H,20,21)(H,22,23). The monoisotopic (exact) mass is 372 g/mol. The maximum atomic E-state index is 12.1. The lowest BCUT2D eigenvalue weighted by Crippen LogP contribution is -2.46. The van der Waals surface area contributed by atoms with Crippen LogP contribution in [0.5, 0.6) is 0 Å². The summed E-state index contributed by atoms with van der Waals surface area (Å²) >= 11 is 3.03. The van der Waals surface area contributed by atoms with Crippen molar-refractivity contribution in [2.24, 2.45) is 5.92 Å². The maximum absolute atomic E-state index is 12.1. The Morgan fingerprint density at radius 1 is 1.40 bits per heavy atom. The summed E-state index contributed by atoms with van der Waals surface area (Å²) in [6, 6.07) is 13.0. The third-order valence-corrected chi connectivity index (χ3v) is 6.40. The molecule has 1 aromatic heterocycles. The van der Waals surface area contributed by atoms with E-state index in [1.54, 1.807) is 29.5 Å². The fraction of sp³-hybridized carbons (Fsp3) is 0.278. The number of nitriles is 1. The van der Waals surface area contributed by atoms with Gasteiger partial charge in [0.25, 0.3) is 0 Å². The highest BCUT2D eigenvalue weighted by molar-refractivity contribution is 7.99. The Balaban J connectivity index is 1.74. The molecule has 3 unspecified atom stereocenters. The molecule has 2 heterocycles. The van der Waals surface area contributed by atoms with Crippen molar-refractivity contribution < 1.29 is 14.7 Å². The lowest BCUT2D eigenvalue weighted by Gasteiger charge is -2.33. The van der Waals surface area contributed by atoms with Gasteiger partial charge in [0.15, 0.2) is 0 Å². The summed E-state index contributed by atoms with van der Waals surface area (Å²) in [6.07, 6.45) is 0.324. The molecule has 128 valence electrons. The van der Waals surface area contributed by atoms with Crippen LogP contribution in [0.4, 0.5) is 0 Å². The van der Waals surface area contributed by atoms with E-state index in [4.69, 9.17) is 5.11 Å². The van der Waals surface area contributed by atoms with Crippen LogP contribution >= 0.6 is 23.1 Å². The van der Waals surface area contributed by atoms with E-state index >= 15 is 0 Å². The van der Waals surface area contributed by atoms with Crippen molar-refractivity contribution >= 4 is 35.0 Å². The van der Waals surface area contributed by atoms with Crippen LogP contribution in [0.25, 0.3) is 0 Å². The number of amides is 1. The molecule has 0 spiro atoms. The van der Waals surface area contributed by atoms with Gasteiger partial charge < -0.3 is 10.4 Å². The zero-order valence-corrected chi connectivity index (χ0v) is 14.8. The minimum atomic E-state index is -0.967. The van der Waals surface area contributed by atoms with Crippen molar-refractivity contribution in [2.45, 2.75) is 23.5 Å². The Hall–Kier alpha value is -2.30. The van der Waals surface area contributed by atoms with E-state index in [2.05, 4.69) is 11.4 Å². The molecule has 0 bridgehead atoms. The van der Waals surface area contributed by atoms with Gasteiger partial charge in [-0.1, -0.05) is 18.2 Å². The molecule has 1 aliphatic rings. The van der Waals surface area contributed by atoms with Gasteiger partial charge >= 0.3 is 5.97 Å². The van der Waals surface area contributed by atoms with E-state index in [0.29, 0.717) is 12.2 Å². The molecule has 1 aliphatic heterocycles. The maximum Gasteiger partial charge on any atom is 0.335 e. The molecule has 2 aromatic rings. The number of hydrogen-bond acceptors (Lipinski definition) is 5. The molecule has 1 fully saturated rings. The summed E-state index contributed by atoms with van der Waals surface area (Å²) in [7, 11) is 0. The van der Waals surface area contributed by atoms with Crippen LogP contribution in [0.15, 0.2) is 41.8 Å². The summed E-state index contributed by atoms with van der Waals surface area (Å²) in [5, 5.41) is 23.3. The lowest BCUT2D eigenvalue weighted by atomic mass is 9.85. The summed E-state index contributed by atoms with van der Waals surface area (Å²) in [4.78, 5) is 24.2. The molecule has 7 heteroatoms.